The number of hydrogen-bond donors (Lipinski definition) is 0. The van der Waals surface area contributed by atoms with Crippen LogP contribution in [0.1, 0.15) is 51.4 Å². The van der Waals surface area contributed by atoms with Crippen LogP contribution in [0.5, 0.6) is 0 Å². The maximum atomic E-state index is 12.9. The predicted molar refractivity (Wildman–Crippen MR) is 63.0 cm³/mol. The minimum absolute atomic E-state index is 0.0506. The van der Waals surface area contributed by atoms with E-state index in [9.17, 15) is 26.3 Å². The average molecular weight is 302 g/mol. The molecule has 0 aliphatic heterocycles. The Kier molecular flexibility index (Phi) is 4.59. The largest absolute Gasteiger partial charge is 0.392 e. The van der Waals surface area contributed by atoms with Gasteiger partial charge in [-0.15, -0.1) is 0 Å². The minimum atomic E-state index is -4.74. The zero-order chi connectivity index (χ0) is 15.0. The first kappa shape index (κ1) is 16.0. The zero-order valence-corrected chi connectivity index (χ0v) is 11.2. The lowest BCUT2D eigenvalue weighted by Crippen LogP contribution is -2.35. The van der Waals surface area contributed by atoms with Crippen molar-refractivity contribution in [3.05, 3.63) is 0 Å². The fraction of sp³-hybridized carbons (Fsp3) is 1.00. The highest BCUT2D eigenvalue weighted by molar-refractivity contribution is 4.93. The Bertz CT molecular complexity index is 289. The second kappa shape index (κ2) is 5.76. The van der Waals surface area contributed by atoms with Crippen LogP contribution in [-0.2, 0) is 0 Å². The van der Waals surface area contributed by atoms with Crippen molar-refractivity contribution in [1.29, 1.82) is 0 Å². The van der Waals surface area contributed by atoms with Crippen LogP contribution in [0.15, 0.2) is 0 Å². The van der Waals surface area contributed by atoms with Crippen LogP contribution in [0.3, 0.4) is 0 Å². The van der Waals surface area contributed by atoms with E-state index >= 15 is 0 Å². The molecule has 6 heteroatoms. The first-order valence-electron chi connectivity index (χ1n) is 7.33. The average Bonchev–Trinajstić information content (AvgIpc) is 2.60. The molecule has 0 radical (unpaired) electrons. The summed E-state index contributed by atoms with van der Waals surface area (Å²) in [5, 5.41) is 0. The van der Waals surface area contributed by atoms with E-state index in [1.807, 2.05) is 0 Å². The molecule has 2 atom stereocenters. The Morgan fingerprint density at radius 3 is 1.30 bits per heavy atom. The Hall–Kier alpha value is -0.420. The molecular formula is C14H20F6. The molecule has 2 fully saturated rings. The van der Waals surface area contributed by atoms with Crippen molar-refractivity contribution >= 4 is 0 Å². The molecule has 0 amide bonds. The number of halogens is 6. The van der Waals surface area contributed by atoms with Gasteiger partial charge in [0.25, 0.3) is 0 Å². The molecule has 2 rings (SSSR count). The molecule has 118 valence electrons. The second-order valence-electron chi connectivity index (χ2n) is 6.28. The maximum Gasteiger partial charge on any atom is 0.392 e. The van der Waals surface area contributed by atoms with Gasteiger partial charge in [-0.3, -0.25) is 0 Å². The lowest BCUT2D eigenvalue weighted by Gasteiger charge is -2.24. The Labute approximate surface area is 114 Å². The molecule has 2 unspecified atom stereocenters. The summed E-state index contributed by atoms with van der Waals surface area (Å²) in [6.07, 6.45) is -4.58. The molecule has 0 aromatic rings. The van der Waals surface area contributed by atoms with Crippen molar-refractivity contribution in [2.75, 3.05) is 0 Å². The van der Waals surface area contributed by atoms with Crippen LogP contribution in [0.25, 0.3) is 0 Å². The highest BCUT2D eigenvalue weighted by Gasteiger charge is 2.59. The molecule has 0 aromatic carbocycles. The van der Waals surface area contributed by atoms with Crippen LogP contribution in [0, 0.1) is 23.7 Å². The quantitative estimate of drug-likeness (QED) is 0.429. The monoisotopic (exact) mass is 302 g/mol. The van der Waals surface area contributed by atoms with Gasteiger partial charge in [0, 0.05) is 0 Å². The van der Waals surface area contributed by atoms with Crippen molar-refractivity contribution in [2.24, 2.45) is 23.7 Å². The number of alkyl halides is 6. The molecule has 2 aliphatic carbocycles. The third-order valence-corrected chi connectivity index (χ3v) is 5.01. The van der Waals surface area contributed by atoms with Crippen molar-refractivity contribution in [3.63, 3.8) is 0 Å². The summed E-state index contributed by atoms with van der Waals surface area (Å²) in [5.41, 5.74) is 0. The summed E-state index contributed by atoms with van der Waals surface area (Å²) in [5.74, 6) is -4.76. The van der Waals surface area contributed by atoms with Crippen LogP contribution < -0.4 is 0 Å². The number of rotatable bonds is 1. The second-order valence-corrected chi connectivity index (χ2v) is 6.28. The summed E-state index contributed by atoms with van der Waals surface area (Å²) in [6.45, 7) is 0. The zero-order valence-electron chi connectivity index (χ0n) is 11.2. The maximum absolute atomic E-state index is 12.9. The van der Waals surface area contributed by atoms with E-state index in [1.165, 1.54) is 0 Å². The molecule has 2 saturated carbocycles. The SMILES string of the molecule is FC(F)(F)C1CC(C2CCCCCC2)CC1C(F)(F)F. The van der Waals surface area contributed by atoms with Gasteiger partial charge in [-0.1, -0.05) is 38.5 Å². The normalized spacial score (nSPS) is 34.2. The van der Waals surface area contributed by atoms with Crippen molar-refractivity contribution < 1.29 is 26.3 Å². The van der Waals surface area contributed by atoms with Crippen LogP contribution in [-0.4, -0.2) is 12.4 Å². The van der Waals surface area contributed by atoms with Crippen molar-refractivity contribution in [3.8, 4) is 0 Å². The van der Waals surface area contributed by atoms with Gasteiger partial charge in [-0.2, -0.15) is 26.3 Å². The van der Waals surface area contributed by atoms with Gasteiger partial charge in [0.1, 0.15) is 0 Å². The topological polar surface area (TPSA) is 0 Å². The molecule has 20 heavy (non-hydrogen) atoms. The smallest absolute Gasteiger partial charge is 0.171 e. The molecule has 2 aliphatic rings. The number of hydrogen-bond acceptors (Lipinski definition) is 0. The van der Waals surface area contributed by atoms with Gasteiger partial charge in [-0.25, -0.2) is 0 Å². The van der Waals surface area contributed by atoms with Crippen molar-refractivity contribution in [2.45, 2.75) is 63.7 Å². The van der Waals surface area contributed by atoms with Gasteiger partial charge >= 0.3 is 12.4 Å². The Morgan fingerprint density at radius 2 is 0.950 bits per heavy atom. The molecule has 0 aromatic heterocycles. The third kappa shape index (κ3) is 3.61. The van der Waals surface area contributed by atoms with E-state index < -0.39 is 30.1 Å². The molecular weight excluding hydrogens is 282 g/mol. The van der Waals surface area contributed by atoms with E-state index in [2.05, 4.69) is 0 Å². The van der Waals surface area contributed by atoms with E-state index in [-0.39, 0.29) is 18.8 Å². The summed E-state index contributed by atoms with van der Waals surface area (Å²) < 4.78 is 77.2. The highest BCUT2D eigenvalue weighted by atomic mass is 19.4. The van der Waals surface area contributed by atoms with Gasteiger partial charge in [-0.05, 0) is 24.7 Å². The molecule has 0 heterocycles. The third-order valence-electron chi connectivity index (χ3n) is 5.01. The van der Waals surface area contributed by atoms with Gasteiger partial charge in [0.2, 0.25) is 0 Å². The summed E-state index contributed by atoms with van der Waals surface area (Å²) in [7, 11) is 0. The first-order valence-corrected chi connectivity index (χ1v) is 7.33. The van der Waals surface area contributed by atoms with Gasteiger partial charge in [0.05, 0.1) is 11.8 Å². The first-order chi connectivity index (χ1) is 9.19. The fourth-order valence-corrected chi connectivity index (χ4v) is 3.97. The van der Waals surface area contributed by atoms with E-state index in [0.29, 0.717) is 0 Å². The standard InChI is InChI=1S/C14H20F6/c15-13(16,17)11-7-10(8-12(11)14(18,19)20)9-5-3-1-2-4-6-9/h9-12H,1-8H2. The molecule has 0 N–H and O–H groups in total. The lowest BCUT2D eigenvalue weighted by atomic mass is 9.84. The van der Waals surface area contributed by atoms with E-state index in [4.69, 9.17) is 0 Å². The fourth-order valence-electron chi connectivity index (χ4n) is 3.97. The van der Waals surface area contributed by atoms with E-state index in [0.717, 1.165) is 38.5 Å². The Morgan fingerprint density at radius 1 is 0.550 bits per heavy atom. The molecule has 0 nitrogen and oxygen atoms in total. The molecule has 0 saturated heterocycles. The van der Waals surface area contributed by atoms with Crippen molar-refractivity contribution in [1.82, 2.24) is 0 Å². The predicted octanol–water partition coefficient (Wildman–Crippen LogP) is 5.72. The lowest BCUT2D eigenvalue weighted by molar-refractivity contribution is -0.245. The van der Waals surface area contributed by atoms with Crippen LogP contribution in [0.2, 0.25) is 0 Å². The van der Waals surface area contributed by atoms with Gasteiger partial charge in [0.15, 0.2) is 0 Å². The van der Waals surface area contributed by atoms with Gasteiger partial charge < -0.3 is 0 Å². The van der Waals surface area contributed by atoms with Crippen LogP contribution in [0.4, 0.5) is 26.3 Å². The highest BCUT2D eigenvalue weighted by Crippen LogP contribution is 2.54. The molecule has 0 bridgehead atoms. The van der Waals surface area contributed by atoms with E-state index in [1.54, 1.807) is 0 Å². The summed E-state index contributed by atoms with van der Waals surface area (Å²) in [6, 6.07) is 0. The Balaban J connectivity index is 2.10. The molecule has 0 spiro atoms. The summed E-state index contributed by atoms with van der Waals surface area (Å²) >= 11 is 0. The minimum Gasteiger partial charge on any atom is -0.171 e. The summed E-state index contributed by atoms with van der Waals surface area (Å²) in [4.78, 5) is 0. The van der Waals surface area contributed by atoms with Crippen LogP contribution >= 0.6 is 0 Å².